The van der Waals surface area contributed by atoms with E-state index in [-0.39, 0.29) is 30.6 Å². The van der Waals surface area contributed by atoms with E-state index in [0.29, 0.717) is 16.5 Å². The number of carbonyl (C=O) groups excluding carboxylic acids is 2. The number of nitrogens with one attached hydrogen (secondary N) is 1. The van der Waals surface area contributed by atoms with Crippen molar-refractivity contribution in [1.29, 1.82) is 0 Å². The molecule has 1 aliphatic heterocycles. The zero-order chi connectivity index (χ0) is 20.1. The first-order chi connectivity index (χ1) is 13.5. The lowest BCUT2D eigenvalue weighted by Gasteiger charge is -2.13. The number of nitrogens with zero attached hydrogens (tertiary/aromatic N) is 2. The molecule has 1 atom stereocenters. The number of benzene rings is 2. The molecule has 1 aliphatic rings. The van der Waals surface area contributed by atoms with Crippen LogP contribution in [0.5, 0.6) is 0 Å². The second-order valence-electron chi connectivity index (χ2n) is 5.97. The largest absolute Gasteiger partial charge is 0.326 e. The van der Waals surface area contributed by atoms with Crippen molar-refractivity contribution in [3.05, 3.63) is 71.5 Å². The summed E-state index contributed by atoms with van der Waals surface area (Å²) in [5, 5.41) is 2.68. The molecule has 2 amide bonds. The average Bonchev–Trinajstić information content (AvgIpc) is 2.94. The molecule has 2 aromatic rings. The molecule has 3 rings (SSSR count). The van der Waals surface area contributed by atoms with Gasteiger partial charge in [-0.25, -0.2) is 9.38 Å². The molecule has 5 nitrogen and oxygen atoms in total. The van der Waals surface area contributed by atoms with E-state index in [1.807, 2.05) is 12.1 Å². The van der Waals surface area contributed by atoms with Gasteiger partial charge in [0.25, 0.3) is 0 Å². The predicted octanol–water partition coefficient (Wildman–Crippen LogP) is 4.73. The van der Waals surface area contributed by atoms with E-state index >= 15 is 0 Å². The summed E-state index contributed by atoms with van der Waals surface area (Å²) in [5.41, 5.74) is 1.19. The highest BCUT2D eigenvalue weighted by molar-refractivity contribution is 9.10. The van der Waals surface area contributed by atoms with Crippen molar-refractivity contribution in [2.75, 3.05) is 11.9 Å². The smallest absolute Gasteiger partial charge is 0.242 e. The third kappa shape index (κ3) is 5.08. The maximum atomic E-state index is 13.1. The Labute approximate surface area is 174 Å². The third-order valence-corrected chi connectivity index (χ3v) is 5.59. The number of hydrogen-bond acceptors (Lipinski definition) is 4. The van der Waals surface area contributed by atoms with Gasteiger partial charge in [0.1, 0.15) is 11.1 Å². The summed E-state index contributed by atoms with van der Waals surface area (Å²) in [6.07, 6.45) is 1.62. The molecule has 1 saturated heterocycles. The maximum Gasteiger partial charge on any atom is 0.242 e. The first kappa shape index (κ1) is 20.3. The zero-order valence-corrected chi connectivity index (χ0v) is 17.2. The monoisotopic (exact) mass is 461 g/mol. The number of thioether (sulfide) groups is 1. The molecule has 1 fully saturated rings. The lowest BCUT2D eigenvalue weighted by Crippen LogP contribution is -2.33. The standard InChI is InChI=1S/C20H17BrFN3O2S/c1-2-11-25-19(27)17(12-18(26)23-15-7-3-13(21)4-8-15)28-20(25)24-16-9-5-14(22)6-10-16/h2-10,17H,1,11-12H2,(H,23,26). The van der Waals surface area contributed by atoms with Crippen molar-refractivity contribution in [2.24, 2.45) is 4.99 Å². The molecule has 1 unspecified atom stereocenters. The molecule has 0 aliphatic carbocycles. The Morgan fingerprint density at radius 3 is 2.57 bits per heavy atom. The van der Waals surface area contributed by atoms with Crippen LogP contribution in [0.25, 0.3) is 0 Å². The quantitative estimate of drug-likeness (QED) is 0.632. The number of rotatable bonds is 6. The van der Waals surface area contributed by atoms with Crippen LogP contribution in [0.4, 0.5) is 15.8 Å². The third-order valence-electron chi connectivity index (χ3n) is 3.88. The van der Waals surface area contributed by atoms with Crippen LogP contribution in [-0.4, -0.2) is 33.7 Å². The zero-order valence-electron chi connectivity index (χ0n) is 14.8. The Morgan fingerprint density at radius 2 is 1.93 bits per heavy atom. The molecule has 144 valence electrons. The Balaban J connectivity index is 1.72. The summed E-state index contributed by atoms with van der Waals surface area (Å²) in [7, 11) is 0. The molecule has 1 heterocycles. The molecular formula is C20H17BrFN3O2S. The van der Waals surface area contributed by atoms with Crippen LogP contribution in [0.3, 0.4) is 0 Å². The van der Waals surface area contributed by atoms with Crippen LogP contribution < -0.4 is 5.32 Å². The van der Waals surface area contributed by atoms with Gasteiger partial charge >= 0.3 is 0 Å². The summed E-state index contributed by atoms with van der Waals surface area (Å²) in [6, 6.07) is 12.9. The summed E-state index contributed by atoms with van der Waals surface area (Å²) in [6.45, 7) is 3.96. The van der Waals surface area contributed by atoms with Gasteiger partial charge in [0.15, 0.2) is 5.17 Å². The molecule has 1 N–H and O–H groups in total. The Bertz CT molecular complexity index is 916. The van der Waals surface area contributed by atoms with Crippen LogP contribution >= 0.6 is 27.7 Å². The molecule has 2 aromatic carbocycles. The summed E-state index contributed by atoms with van der Waals surface area (Å²) in [4.78, 5) is 31.0. The fraction of sp³-hybridized carbons (Fsp3) is 0.150. The number of amides is 2. The number of aliphatic imine (C=N–C) groups is 1. The minimum absolute atomic E-state index is 0.0235. The van der Waals surface area contributed by atoms with Crippen molar-refractivity contribution < 1.29 is 14.0 Å². The van der Waals surface area contributed by atoms with Crippen molar-refractivity contribution in [3.63, 3.8) is 0 Å². The maximum absolute atomic E-state index is 13.1. The first-order valence-corrected chi connectivity index (χ1v) is 10.1. The van der Waals surface area contributed by atoms with Crippen molar-refractivity contribution >= 4 is 56.0 Å². The van der Waals surface area contributed by atoms with Gasteiger partial charge in [-0.2, -0.15) is 0 Å². The summed E-state index contributed by atoms with van der Waals surface area (Å²) < 4.78 is 14.0. The van der Waals surface area contributed by atoms with Gasteiger partial charge < -0.3 is 5.32 Å². The van der Waals surface area contributed by atoms with Gasteiger partial charge in [0, 0.05) is 23.1 Å². The highest BCUT2D eigenvalue weighted by Crippen LogP contribution is 2.32. The first-order valence-electron chi connectivity index (χ1n) is 8.45. The molecule has 28 heavy (non-hydrogen) atoms. The van der Waals surface area contributed by atoms with Gasteiger partial charge in [-0.1, -0.05) is 33.8 Å². The lowest BCUT2D eigenvalue weighted by molar-refractivity contribution is -0.127. The summed E-state index contributed by atoms with van der Waals surface area (Å²) in [5.74, 6) is -0.809. The molecule has 0 spiro atoms. The molecule has 0 bridgehead atoms. The fourth-order valence-corrected chi connectivity index (χ4v) is 3.99. The highest BCUT2D eigenvalue weighted by atomic mass is 79.9. The van der Waals surface area contributed by atoms with Crippen LogP contribution in [0.2, 0.25) is 0 Å². The molecule has 0 aromatic heterocycles. The van der Waals surface area contributed by atoms with E-state index in [2.05, 4.69) is 32.8 Å². The highest BCUT2D eigenvalue weighted by Gasteiger charge is 2.38. The number of hydrogen-bond donors (Lipinski definition) is 1. The second kappa shape index (κ2) is 9.16. The van der Waals surface area contributed by atoms with Crippen molar-refractivity contribution in [1.82, 2.24) is 4.90 Å². The number of carbonyl (C=O) groups is 2. The van der Waals surface area contributed by atoms with Gasteiger partial charge in [0.05, 0.1) is 5.69 Å². The predicted molar refractivity (Wildman–Crippen MR) is 114 cm³/mol. The molecule has 8 heteroatoms. The fourth-order valence-electron chi connectivity index (χ4n) is 2.56. The van der Waals surface area contributed by atoms with Crippen LogP contribution in [0, 0.1) is 5.82 Å². The minimum Gasteiger partial charge on any atom is -0.326 e. The Kier molecular flexibility index (Phi) is 6.64. The average molecular weight is 462 g/mol. The van der Waals surface area contributed by atoms with E-state index < -0.39 is 5.25 Å². The molecule has 0 radical (unpaired) electrons. The van der Waals surface area contributed by atoms with Gasteiger partial charge in [-0.05, 0) is 48.5 Å². The Morgan fingerprint density at radius 1 is 1.25 bits per heavy atom. The van der Waals surface area contributed by atoms with E-state index in [0.717, 1.165) is 4.47 Å². The lowest BCUT2D eigenvalue weighted by atomic mass is 10.2. The minimum atomic E-state index is -0.574. The number of amidine groups is 1. The van der Waals surface area contributed by atoms with Gasteiger partial charge in [-0.15, -0.1) is 6.58 Å². The van der Waals surface area contributed by atoms with E-state index in [9.17, 15) is 14.0 Å². The Hall–Kier alpha value is -2.45. The van der Waals surface area contributed by atoms with E-state index in [1.165, 1.54) is 40.9 Å². The number of anilines is 1. The summed E-state index contributed by atoms with van der Waals surface area (Å²) >= 11 is 4.56. The topological polar surface area (TPSA) is 61.8 Å². The normalized spacial score (nSPS) is 17.8. The van der Waals surface area contributed by atoms with Gasteiger partial charge in [-0.3, -0.25) is 14.5 Å². The SMILES string of the molecule is C=CCN1C(=O)C(CC(=O)Nc2ccc(Br)cc2)SC1=Nc1ccc(F)cc1. The van der Waals surface area contributed by atoms with E-state index in [1.54, 1.807) is 18.2 Å². The van der Waals surface area contributed by atoms with Crippen molar-refractivity contribution in [3.8, 4) is 0 Å². The van der Waals surface area contributed by atoms with Crippen molar-refractivity contribution in [2.45, 2.75) is 11.7 Å². The van der Waals surface area contributed by atoms with Crippen LogP contribution in [0.15, 0.2) is 70.7 Å². The second-order valence-corrected chi connectivity index (χ2v) is 8.06. The van der Waals surface area contributed by atoms with Crippen LogP contribution in [-0.2, 0) is 9.59 Å². The number of halogens is 2. The van der Waals surface area contributed by atoms with Crippen LogP contribution in [0.1, 0.15) is 6.42 Å². The van der Waals surface area contributed by atoms with E-state index in [4.69, 9.17) is 0 Å². The molecular weight excluding hydrogens is 445 g/mol. The van der Waals surface area contributed by atoms with Gasteiger partial charge in [0.2, 0.25) is 11.8 Å². The molecule has 0 saturated carbocycles.